The van der Waals surface area contributed by atoms with Gasteiger partial charge in [-0.2, -0.15) is 5.26 Å². The highest BCUT2D eigenvalue weighted by molar-refractivity contribution is 5.21. The molecule has 0 N–H and O–H groups in total. The van der Waals surface area contributed by atoms with Crippen molar-refractivity contribution < 1.29 is 0 Å². The lowest BCUT2D eigenvalue weighted by Gasteiger charge is -2.34. The van der Waals surface area contributed by atoms with Crippen molar-refractivity contribution in [3.63, 3.8) is 0 Å². The Hall–Kier alpha value is -2.08. The fraction of sp³-hybridized carbons (Fsp3) is 0.444. The molecule has 0 bridgehead atoms. The fourth-order valence-corrected chi connectivity index (χ4v) is 3.55. The van der Waals surface area contributed by atoms with Crippen LogP contribution in [-0.2, 0) is 6.42 Å². The average molecular weight is 279 g/mol. The van der Waals surface area contributed by atoms with Crippen molar-refractivity contribution >= 4 is 0 Å². The molecule has 3 nitrogen and oxygen atoms in total. The maximum absolute atomic E-state index is 9.50. The average Bonchev–Trinajstić information content (AvgIpc) is 3.03. The molecule has 1 aromatic carbocycles. The summed E-state index contributed by atoms with van der Waals surface area (Å²) in [6.07, 6.45) is 7.93. The van der Waals surface area contributed by atoms with E-state index in [9.17, 15) is 5.26 Å². The zero-order valence-electron chi connectivity index (χ0n) is 12.4. The second kappa shape index (κ2) is 6.13. The highest BCUT2D eigenvalue weighted by Crippen LogP contribution is 2.42. The van der Waals surface area contributed by atoms with Gasteiger partial charge in [-0.1, -0.05) is 37.3 Å². The predicted octanol–water partition coefficient (Wildman–Crippen LogP) is 4.09. The highest BCUT2D eigenvalue weighted by atomic mass is 15.1. The molecule has 21 heavy (non-hydrogen) atoms. The summed E-state index contributed by atoms with van der Waals surface area (Å²) >= 11 is 0. The van der Waals surface area contributed by atoms with Crippen LogP contribution in [0.1, 0.15) is 49.5 Å². The van der Waals surface area contributed by atoms with E-state index in [4.69, 9.17) is 0 Å². The van der Waals surface area contributed by atoms with Crippen LogP contribution in [0.2, 0.25) is 0 Å². The Balaban J connectivity index is 1.88. The van der Waals surface area contributed by atoms with Gasteiger partial charge in [0.15, 0.2) is 0 Å². The third-order valence-corrected chi connectivity index (χ3v) is 4.68. The first-order valence-electron chi connectivity index (χ1n) is 7.79. The Bertz CT molecular complexity index is 623. The zero-order chi connectivity index (χ0) is 14.7. The lowest BCUT2D eigenvalue weighted by Crippen LogP contribution is -2.27. The first-order valence-corrected chi connectivity index (χ1v) is 7.79. The second-order valence-corrected chi connectivity index (χ2v) is 5.83. The number of aromatic nitrogens is 2. The summed E-state index contributed by atoms with van der Waals surface area (Å²) in [6, 6.07) is 13.5. The number of benzene rings is 1. The molecule has 1 saturated carbocycles. The number of hydrogen-bond donors (Lipinski definition) is 0. The third-order valence-electron chi connectivity index (χ3n) is 4.68. The van der Waals surface area contributed by atoms with Crippen LogP contribution in [-0.4, -0.2) is 9.55 Å². The van der Waals surface area contributed by atoms with Crippen LogP contribution in [0.15, 0.2) is 42.7 Å². The summed E-state index contributed by atoms with van der Waals surface area (Å²) < 4.78 is 2.24. The number of aryl methyl sites for hydroxylation is 1. The van der Waals surface area contributed by atoms with Crippen LogP contribution >= 0.6 is 0 Å². The van der Waals surface area contributed by atoms with E-state index in [-0.39, 0.29) is 12.0 Å². The van der Waals surface area contributed by atoms with Crippen molar-refractivity contribution in [1.82, 2.24) is 9.55 Å². The third kappa shape index (κ3) is 2.71. The molecule has 3 unspecified atom stereocenters. The monoisotopic (exact) mass is 279 g/mol. The topological polar surface area (TPSA) is 41.6 Å². The van der Waals surface area contributed by atoms with Gasteiger partial charge in [0.05, 0.1) is 18.0 Å². The van der Waals surface area contributed by atoms with Gasteiger partial charge in [0.2, 0.25) is 0 Å². The van der Waals surface area contributed by atoms with Gasteiger partial charge in [0.25, 0.3) is 0 Å². The van der Waals surface area contributed by atoms with E-state index in [0.29, 0.717) is 5.92 Å². The van der Waals surface area contributed by atoms with Crippen LogP contribution < -0.4 is 0 Å². The van der Waals surface area contributed by atoms with Gasteiger partial charge >= 0.3 is 0 Å². The van der Waals surface area contributed by atoms with Gasteiger partial charge in [-0.15, -0.1) is 0 Å². The molecule has 3 rings (SSSR count). The molecule has 1 aromatic heterocycles. The van der Waals surface area contributed by atoms with Crippen LogP contribution in [0, 0.1) is 17.2 Å². The van der Waals surface area contributed by atoms with Crippen LogP contribution in [0.4, 0.5) is 0 Å². The van der Waals surface area contributed by atoms with E-state index >= 15 is 0 Å². The second-order valence-electron chi connectivity index (χ2n) is 5.83. The van der Waals surface area contributed by atoms with Gasteiger partial charge in [-0.25, -0.2) is 4.98 Å². The Morgan fingerprint density at radius 2 is 2.10 bits per heavy atom. The Kier molecular flexibility index (Phi) is 4.06. The summed E-state index contributed by atoms with van der Waals surface area (Å²) in [6.45, 7) is 2.12. The molecule has 1 fully saturated rings. The van der Waals surface area contributed by atoms with Crippen molar-refractivity contribution in [3.8, 4) is 6.07 Å². The van der Waals surface area contributed by atoms with Crippen LogP contribution in [0.5, 0.6) is 0 Å². The highest BCUT2D eigenvalue weighted by Gasteiger charge is 2.33. The summed E-state index contributed by atoms with van der Waals surface area (Å²) in [5, 5.41) is 9.50. The molecule has 1 heterocycles. The Morgan fingerprint density at radius 1 is 1.29 bits per heavy atom. The molecule has 3 atom stereocenters. The van der Waals surface area contributed by atoms with Gasteiger partial charge in [-0.05, 0) is 30.7 Å². The fourth-order valence-electron chi connectivity index (χ4n) is 3.55. The summed E-state index contributed by atoms with van der Waals surface area (Å²) in [4.78, 5) is 4.43. The number of hydrogen-bond acceptors (Lipinski definition) is 2. The molecular weight excluding hydrogens is 258 g/mol. The smallest absolute Gasteiger partial charge is 0.108 e. The summed E-state index contributed by atoms with van der Waals surface area (Å²) in [5.41, 5.74) is 1.40. The Morgan fingerprint density at radius 3 is 2.81 bits per heavy atom. The van der Waals surface area contributed by atoms with Crippen molar-refractivity contribution in [3.05, 3.63) is 54.1 Å². The predicted molar refractivity (Wildman–Crippen MR) is 82.8 cm³/mol. The Labute approximate surface area is 126 Å². The minimum absolute atomic E-state index is 0.101. The van der Waals surface area contributed by atoms with E-state index in [0.717, 1.165) is 31.5 Å². The van der Waals surface area contributed by atoms with Gasteiger partial charge in [0, 0.05) is 18.8 Å². The van der Waals surface area contributed by atoms with Crippen molar-refractivity contribution in [2.24, 2.45) is 5.92 Å². The van der Waals surface area contributed by atoms with E-state index in [1.165, 1.54) is 5.56 Å². The van der Waals surface area contributed by atoms with Gasteiger partial charge in [-0.3, -0.25) is 0 Å². The maximum Gasteiger partial charge on any atom is 0.108 e. The van der Waals surface area contributed by atoms with Gasteiger partial charge in [0.1, 0.15) is 5.82 Å². The summed E-state index contributed by atoms with van der Waals surface area (Å²) in [5.74, 6) is 1.74. The molecule has 1 aliphatic carbocycles. The number of nitrogens with zero attached hydrogens (tertiary/aromatic N) is 3. The van der Waals surface area contributed by atoms with E-state index in [2.05, 4.69) is 52.9 Å². The lowest BCUT2D eigenvalue weighted by molar-refractivity contribution is 0.258. The largest absolute Gasteiger partial charge is 0.331 e. The molecule has 1 aliphatic rings. The summed E-state index contributed by atoms with van der Waals surface area (Å²) in [7, 11) is 0. The van der Waals surface area contributed by atoms with Crippen LogP contribution in [0.3, 0.4) is 0 Å². The first kappa shape index (κ1) is 13.9. The molecule has 0 aliphatic heterocycles. The van der Waals surface area contributed by atoms with Crippen molar-refractivity contribution in [2.75, 3.05) is 0 Å². The molecule has 0 saturated heterocycles. The number of imidazole rings is 1. The number of rotatable bonds is 3. The van der Waals surface area contributed by atoms with Crippen molar-refractivity contribution in [2.45, 2.75) is 44.6 Å². The lowest BCUT2D eigenvalue weighted by atomic mass is 9.76. The molecule has 108 valence electrons. The quantitative estimate of drug-likeness (QED) is 0.849. The van der Waals surface area contributed by atoms with E-state index in [1.54, 1.807) is 0 Å². The zero-order valence-corrected chi connectivity index (χ0v) is 12.4. The van der Waals surface area contributed by atoms with E-state index < -0.39 is 0 Å². The molecule has 0 spiro atoms. The molecule has 3 heteroatoms. The molecule has 0 radical (unpaired) electrons. The molecular formula is C18H21N3. The minimum Gasteiger partial charge on any atom is -0.331 e. The standard InChI is InChI=1S/C18H21N3/c1-2-18-20-10-11-21(18)17-12-15(8-9-16(17)13-19)14-6-4-3-5-7-14/h3-7,10-11,15-17H,2,8-9,12H2,1H3. The SMILES string of the molecule is CCc1nccn1C1CC(c2ccccc2)CCC1C#N. The van der Waals surface area contributed by atoms with Gasteiger partial charge < -0.3 is 4.57 Å². The normalized spacial score (nSPS) is 25.4. The molecule has 0 amide bonds. The first-order chi connectivity index (χ1) is 10.3. The molecule has 2 aromatic rings. The maximum atomic E-state index is 9.50. The van der Waals surface area contributed by atoms with Crippen molar-refractivity contribution in [1.29, 1.82) is 5.26 Å². The minimum atomic E-state index is 0.101. The van der Waals surface area contributed by atoms with E-state index in [1.807, 2.05) is 12.4 Å². The van der Waals surface area contributed by atoms with Crippen LogP contribution in [0.25, 0.3) is 0 Å². The number of nitriles is 1.